The number of thiazole rings is 1. The minimum absolute atomic E-state index is 0.221. The van der Waals surface area contributed by atoms with Crippen LogP contribution in [0.5, 0.6) is 0 Å². The molecular formula is C23H16ClN7O2S. The van der Waals surface area contributed by atoms with Crippen LogP contribution in [0.15, 0.2) is 71.4 Å². The van der Waals surface area contributed by atoms with Gasteiger partial charge in [-0.25, -0.2) is 4.98 Å². The number of carbonyl (C=O) groups excluding carboxylic acids is 1. The zero-order valence-corrected chi connectivity index (χ0v) is 19.0. The molecule has 2 aromatic carbocycles. The lowest BCUT2D eigenvalue weighted by Gasteiger charge is -2.06. The Morgan fingerprint density at radius 3 is 2.71 bits per heavy atom. The van der Waals surface area contributed by atoms with Crippen molar-refractivity contribution >= 4 is 46.0 Å². The maximum atomic E-state index is 12.5. The van der Waals surface area contributed by atoms with Crippen LogP contribution >= 0.6 is 22.9 Å². The summed E-state index contributed by atoms with van der Waals surface area (Å²) in [7, 11) is 0. The van der Waals surface area contributed by atoms with Gasteiger partial charge in [-0.15, -0.1) is 11.3 Å². The fraction of sp³-hybridized carbons (Fsp3) is 0. The van der Waals surface area contributed by atoms with Gasteiger partial charge in [0, 0.05) is 28.0 Å². The Morgan fingerprint density at radius 1 is 1.03 bits per heavy atom. The third kappa shape index (κ3) is 4.32. The number of amides is 1. The summed E-state index contributed by atoms with van der Waals surface area (Å²) in [4.78, 5) is 26.1. The molecule has 11 heteroatoms. The summed E-state index contributed by atoms with van der Waals surface area (Å²) >= 11 is 7.23. The predicted octanol–water partition coefficient (Wildman–Crippen LogP) is 4.99. The maximum Gasteiger partial charge on any atom is 0.272 e. The van der Waals surface area contributed by atoms with Crippen molar-refractivity contribution in [2.24, 2.45) is 0 Å². The highest BCUT2D eigenvalue weighted by Gasteiger charge is 2.20. The molecular weight excluding hydrogens is 474 g/mol. The van der Waals surface area contributed by atoms with E-state index in [9.17, 15) is 4.79 Å². The summed E-state index contributed by atoms with van der Waals surface area (Å²) < 4.78 is 5.44. The number of aromatic nitrogens is 4. The minimum atomic E-state index is -0.285. The van der Waals surface area contributed by atoms with E-state index >= 15 is 0 Å². The highest BCUT2D eigenvalue weighted by molar-refractivity contribution is 7.18. The largest absolute Gasteiger partial charge is 0.397 e. The van der Waals surface area contributed by atoms with Crippen LogP contribution in [-0.2, 0) is 0 Å². The molecule has 3 aromatic heterocycles. The van der Waals surface area contributed by atoms with E-state index in [0.717, 1.165) is 0 Å². The van der Waals surface area contributed by atoms with Crippen molar-refractivity contribution in [1.29, 1.82) is 0 Å². The molecule has 0 aliphatic carbocycles. The molecule has 1 amide bonds. The second-order valence-electron chi connectivity index (χ2n) is 7.14. The van der Waals surface area contributed by atoms with Crippen LogP contribution in [-0.4, -0.2) is 26.0 Å². The van der Waals surface area contributed by atoms with Gasteiger partial charge < -0.3 is 21.3 Å². The summed E-state index contributed by atoms with van der Waals surface area (Å²) in [5.74, 6) is 0.509. The van der Waals surface area contributed by atoms with Crippen molar-refractivity contribution in [1.82, 2.24) is 20.1 Å². The Morgan fingerprint density at radius 2 is 1.88 bits per heavy atom. The van der Waals surface area contributed by atoms with Crippen molar-refractivity contribution in [2.75, 3.05) is 16.8 Å². The van der Waals surface area contributed by atoms with E-state index < -0.39 is 0 Å². The van der Waals surface area contributed by atoms with Crippen molar-refractivity contribution < 1.29 is 9.32 Å². The molecule has 0 aliphatic heterocycles. The van der Waals surface area contributed by atoms with Crippen LogP contribution in [0.1, 0.15) is 10.4 Å². The summed E-state index contributed by atoms with van der Waals surface area (Å²) in [6.07, 6.45) is 1.63. The molecule has 168 valence electrons. The molecule has 0 unspecified atom stereocenters. The molecule has 9 nitrogen and oxygen atoms in total. The Labute approximate surface area is 202 Å². The molecule has 0 saturated carbocycles. The molecule has 0 bridgehead atoms. The van der Waals surface area contributed by atoms with Crippen LogP contribution in [0.25, 0.3) is 32.9 Å². The van der Waals surface area contributed by atoms with Gasteiger partial charge in [0.25, 0.3) is 11.8 Å². The lowest BCUT2D eigenvalue weighted by molar-refractivity contribution is 0.102. The number of nitrogens with two attached hydrogens (primary N) is 2. The first-order valence-electron chi connectivity index (χ1n) is 9.96. The topological polar surface area (TPSA) is 146 Å². The Kier molecular flexibility index (Phi) is 5.66. The van der Waals surface area contributed by atoms with Crippen LogP contribution in [0.3, 0.4) is 0 Å². The molecule has 0 saturated heterocycles. The number of rotatable bonds is 5. The highest BCUT2D eigenvalue weighted by Crippen LogP contribution is 2.37. The molecule has 0 radical (unpaired) electrons. The molecule has 0 aliphatic rings. The van der Waals surface area contributed by atoms with Gasteiger partial charge in [-0.2, -0.15) is 4.98 Å². The second-order valence-corrected chi connectivity index (χ2v) is 8.58. The number of nitrogen functional groups attached to an aromatic ring is 2. The number of hydrogen-bond acceptors (Lipinski definition) is 9. The molecule has 5 N–H and O–H groups in total. The van der Waals surface area contributed by atoms with E-state index in [1.807, 2.05) is 0 Å². The van der Waals surface area contributed by atoms with Crippen LogP contribution < -0.4 is 16.8 Å². The number of nitrogens with zero attached hydrogens (tertiary/aromatic N) is 4. The van der Waals surface area contributed by atoms with Crippen molar-refractivity contribution in [3.05, 3.63) is 77.4 Å². The standard InChI is InChI=1S/C23H16ClN7O2S/c24-14-6-1-5-13(10-14)21(32)28-15-7-2-4-12(11-15)20-30-22(33-31-20)18-19(26)29-23(34-18)17-16(25)8-3-9-27-17/h1-11H,25-26H2,(H,28,32). The summed E-state index contributed by atoms with van der Waals surface area (Å²) in [6.45, 7) is 0. The second kappa shape index (κ2) is 8.93. The number of carbonyl (C=O) groups is 1. The first kappa shape index (κ1) is 21.6. The number of hydrogen-bond donors (Lipinski definition) is 3. The number of benzene rings is 2. The summed E-state index contributed by atoms with van der Waals surface area (Å²) in [5.41, 5.74) is 14.8. The molecule has 5 rings (SSSR count). The molecule has 5 aromatic rings. The smallest absolute Gasteiger partial charge is 0.272 e. The average molecular weight is 490 g/mol. The first-order valence-corrected chi connectivity index (χ1v) is 11.2. The summed E-state index contributed by atoms with van der Waals surface area (Å²) in [6, 6.07) is 17.3. The lowest BCUT2D eigenvalue weighted by Crippen LogP contribution is -2.11. The van der Waals surface area contributed by atoms with Crippen molar-refractivity contribution in [2.45, 2.75) is 0 Å². The van der Waals surface area contributed by atoms with Gasteiger partial charge >= 0.3 is 0 Å². The van der Waals surface area contributed by atoms with E-state index in [0.29, 0.717) is 48.9 Å². The fourth-order valence-electron chi connectivity index (χ4n) is 3.18. The average Bonchev–Trinajstić information content (AvgIpc) is 3.46. The number of nitrogens with one attached hydrogen (secondary N) is 1. The van der Waals surface area contributed by atoms with Crippen LogP contribution in [0, 0.1) is 0 Å². The van der Waals surface area contributed by atoms with Gasteiger partial charge in [0.05, 0.1) is 5.69 Å². The van der Waals surface area contributed by atoms with Crippen molar-refractivity contribution in [3.63, 3.8) is 0 Å². The normalized spacial score (nSPS) is 10.9. The minimum Gasteiger partial charge on any atom is -0.397 e. The molecule has 3 heterocycles. The monoisotopic (exact) mass is 489 g/mol. The van der Waals surface area contributed by atoms with E-state index in [2.05, 4.69) is 25.4 Å². The fourth-order valence-corrected chi connectivity index (χ4v) is 4.30. The van der Waals surface area contributed by atoms with E-state index in [1.54, 1.807) is 66.9 Å². The predicted molar refractivity (Wildman–Crippen MR) is 132 cm³/mol. The number of pyridine rings is 1. The Hall–Kier alpha value is -4.28. The first-order chi connectivity index (χ1) is 16.5. The third-order valence-electron chi connectivity index (χ3n) is 4.78. The summed E-state index contributed by atoms with van der Waals surface area (Å²) in [5, 5.41) is 7.93. The Balaban J connectivity index is 1.39. The van der Waals surface area contributed by atoms with E-state index in [-0.39, 0.29) is 17.6 Å². The lowest BCUT2D eigenvalue weighted by atomic mass is 10.1. The third-order valence-corrected chi connectivity index (χ3v) is 6.08. The molecule has 0 spiro atoms. The van der Waals surface area contributed by atoms with Gasteiger partial charge in [0.1, 0.15) is 21.4 Å². The van der Waals surface area contributed by atoms with Gasteiger partial charge in [-0.05, 0) is 42.5 Å². The zero-order valence-electron chi connectivity index (χ0n) is 17.4. The van der Waals surface area contributed by atoms with Gasteiger partial charge in [-0.1, -0.05) is 35.0 Å². The van der Waals surface area contributed by atoms with Gasteiger partial charge in [0.2, 0.25) is 5.82 Å². The van der Waals surface area contributed by atoms with Crippen molar-refractivity contribution in [3.8, 4) is 32.9 Å². The van der Waals surface area contributed by atoms with E-state index in [1.165, 1.54) is 11.3 Å². The van der Waals surface area contributed by atoms with Crippen LogP contribution in [0.2, 0.25) is 5.02 Å². The maximum absolute atomic E-state index is 12.5. The highest BCUT2D eigenvalue weighted by atomic mass is 35.5. The SMILES string of the molecule is Nc1cccnc1-c1nc(N)c(-c2nc(-c3cccc(NC(=O)c4cccc(Cl)c4)c3)no2)s1. The van der Waals surface area contributed by atoms with Gasteiger partial charge in [0.15, 0.2) is 0 Å². The zero-order chi connectivity index (χ0) is 23.7. The Bertz CT molecular complexity index is 1510. The molecule has 0 atom stereocenters. The quantitative estimate of drug-likeness (QED) is 0.313. The molecule has 34 heavy (non-hydrogen) atoms. The number of halogens is 1. The number of anilines is 3. The van der Waals surface area contributed by atoms with Crippen LogP contribution in [0.4, 0.5) is 17.2 Å². The van der Waals surface area contributed by atoms with Gasteiger partial charge in [-0.3, -0.25) is 9.78 Å². The molecule has 0 fully saturated rings. The van der Waals surface area contributed by atoms with E-state index in [4.69, 9.17) is 27.6 Å².